The molecule has 0 radical (unpaired) electrons. The molecule has 4 atom stereocenters. The lowest BCUT2D eigenvalue weighted by Crippen LogP contribution is -2.38. The fraction of sp³-hybridized carbons (Fsp3) is 1.00. The zero-order valence-corrected chi connectivity index (χ0v) is 10.7. The van der Waals surface area contributed by atoms with E-state index in [0.29, 0.717) is 12.6 Å². The van der Waals surface area contributed by atoms with Crippen molar-refractivity contribution in [3.8, 4) is 0 Å². The van der Waals surface area contributed by atoms with Crippen molar-refractivity contribution in [2.24, 2.45) is 23.5 Å². The molecule has 0 aliphatic heterocycles. The average Bonchev–Trinajstić information content (AvgIpc) is 2.17. The Bertz CT molecular complexity index is 181. The highest BCUT2D eigenvalue weighted by atomic mass is 16.5. The smallest absolute Gasteiger partial charge is 0.0673 e. The van der Waals surface area contributed by atoms with Crippen LogP contribution in [0.5, 0.6) is 0 Å². The fourth-order valence-corrected chi connectivity index (χ4v) is 2.63. The van der Waals surface area contributed by atoms with Crippen LogP contribution < -0.4 is 5.73 Å². The summed E-state index contributed by atoms with van der Waals surface area (Å²) >= 11 is 0. The summed E-state index contributed by atoms with van der Waals surface area (Å²) in [6.07, 6.45) is 4.54. The maximum atomic E-state index is 6.06. The standard InChI is InChI=1S/C13H27NO/c1-9(2)12-6-5-10(3)7-13(12)15-11(4)8-14/h9-13H,5-8,14H2,1-4H3. The number of hydrogen-bond acceptors (Lipinski definition) is 2. The Morgan fingerprint density at radius 2 is 1.93 bits per heavy atom. The first kappa shape index (κ1) is 13.0. The average molecular weight is 213 g/mol. The monoisotopic (exact) mass is 213 g/mol. The molecule has 90 valence electrons. The van der Waals surface area contributed by atoms with Gasteiger partial charge in [-0.3, -0.25) is 0 Å². The van der Waals surface area contributed by atoms with Gasteiger partial charge in [-0.1, -0.05) is 27.2 Å². The molecule has 2 nitrogen and oxygen atoms in total. The molecule has 2 N–H and O–H groups in total. The van der Waals surface area contributed by atoms with Crippen LogP contribution in [0.1, 0.15) is 47.0 Å². The summed E-state index contributed by atoms with van der Waals surface area (Å²) in [5.74, 6) is 2.28. The van der Waals surface area contributed by atoms with Crippen molar-refractivity contribution in [2.75, 3.05) is 6.54 Å². The van der Waals surface area contributed by atoms with Gasteiger partial charge in [0.25, 0.3) is 0 Å². The second kappa shape index (κ2) is 5.86. The molecular weight excluding hydrogens is 186 g/mol. The molecule has 15 heavy (non-hydrogen) atoms. The number of ether oxygens (including phenoxy) is 1. The number of rotatable bonds is 4. The first-order chi connectivity index (χ1) is 7.04. The van der Waals surface area contributed by atoms with E-state index in [-0.39, 0.29) is 6.10 Å². The lowest BCUT2D eigenvalue weighted by Gasteiger charge is -2.38. The molecule has 0 aromatic carbocycles. The summed E-state index contributed by atoms with van der Waals surface area (Å²) in [4.78, 5) is 0. The van der Waals surface area contributed by atoms with E-state index < -0.39 is 0 Å². The highest BCUT2D eigenvalue weighted by molar-refractivity contribution is 4.82. The van der Waals surface area contributed by atoms with E-state index in [2.05, 4.69) is 27.7 Å². The van der Waals surface area contributed by atoms with E-state index in [1.54, 1.807) is 0 Å². The van der Waals surface area contributed by atoms with Crippen molar-refractivity contribution < 1.29 is 4.74 Å². The molecular formula is C13H27NO. The molecule has 1 aliphatic rings. The van der Waals surface area contributed by atoms with Crippen LogP contribution in [0, 0.1) is 17.8 Å². The maximum Gasteiger partial charge on any atom is 0.0673 e. The van der Waals surface area contributed by atoms with Crippen molar-refractivity contribution in [3.05, 3.63) is 0 Å². The Morgan fingerprint density at radius 3 is 2.47 bits per heavy atom. The molecule has 1 aliphatic carbocycles. The van der Waals surface area contributed by atoms with Crippen LogP contribution in [0.15, 0.2) is 0 Å². The van der Waals surface area contributed by atoms with Crippen LogP contribution >= 0.6 is 0 Å². The Balaban J connectivity index is 2.54. The molecule has 2 heteroatoms. The van der Waals surface area contributed by atoms with Gasteiger partial charge in [0.1, 0.15) is 0 Å². The van der Waals surface area contributed by atoms with E-state index in [1.807, 2.05) is 0 Å². The summed E-state index contributed by atoms with van der Waals surface area (Å²) in [5.41, 5.74) is 5.62. The normalized spacial score (nSPS) is 34.4. The maximum absolute atomic E-state index is 6.06. The van der Waals surface area contributed by atoms with Crippen LogP contribution in [0.25, 0.3) is 0 Å². The molecule has 0 bridgehead atoms. The van der Waals surface area contributed by atoms with Gasteiger partial charge in [0, 0.05) is 6.54 Å². The van der Waals surface area contributed by atoms with Gasteiger partial charge in [-0.2, -0.15) is 0 Å². The van der Waals surface area contributed by atoms with Crippen molar-refractivity contribution in [1.82, 2.24) is 0 Å². The first-order valence-corrected chi connectivity index (χ1v) is 6.40. The van der Waals surface area contributed by atoms with Crippen molar-refractivity contribution >= 4 is 0 Å². The van der Waals surface area contributed by atoms with Crippen molar-refractivity contribution in [2.45, 2.75) is 59.2 Å². The Labute approximate surface area is 94.6 Å². The molecule has 1 rings (SSSR count). The van der Waals surface area contributed by atoms with Crippen LogP contribution in [0.4, 0.5) is 0 Å². The van der Waals surface area contributed by atoms with Crippen LogP contribution in [0.2, 0.25) is 0 Å². The lowest BCUT2D eigenvalue weighted by atomic mass is 9.75. The molecule has 0 saturated heterocycles. The third-order valence-corrected chi connectivity index (χ3v) is 3.70. The van der Waals surface area contributed by atoms with Gasteiger partial charge in [0.15, 0.2) is 0 Å². The third-order valence-electron chi connectivity index (χ3n) is 3.70. The Hall–Kier alpha value is -0.0800. The van der Waals surface area contributed by atoms with E-state index in [1.165, 1.54) is 19.3 Å². The van der Waals surface area contributed by atoms with Gasteiger partial charge >= 0.3 is 0 Å². The van der Waals surface area contributed by atoms with E-state index in [9.17, 15) is 0 Å². The Kier molecular flexibility index (Phi) is 5.07. The predicted octanol–water partition coefficient (Wildman–Crippen LogP) is 2.81. The predicted molar refractivity (Wildman–Crippen MR) is 64.7 cm³/mol. The number of hydrogen-bond donors (Lipinski definition) is 1. The minimum absolute atomic E-state index is 0.210. The zero-order chi connectivity index (χ0) is 11.4. The topological polar surface area (TPSA) is 35.2 Å². The summed E-state index contributed by atoms with van der Waals surface area (Å²) in [6.45, 7) is 9.67. The lowest BCUT2D eigenvalue weighted by molar-refractivity contribution is -0.0702. The van der Waals surface area contributed by atoms with Gasteiger partial charge in [-0.15, -0.1) is 0 Å². The summed E-state index contributed by atoms with van der Waals surface area (Å²) in [6, 6.07) is 0. The van der Waals surface area contributed by atoms with Gasteiger partial charge in [0.2, 0.25) is 0 Å². The minimum Gasteiger partial charge on any atom is -0.374 e. The highest BCUT2D eigenvalue weighted by Gasteiger charge is 2.32. The molecule has 0 spiro atoms. The largest absolute Gasteiger partial charge is 0.374 e. The second-order valence-corrected chi connectivity index (χ2v) is 5.55. The van der Waals surface area contributed by atoms with E-state index >= 15 is 0 Å². The van der Waals surface area contributed by atoms with Gasteiger partial charge in [0.05, 0.1) is 12.2 Å². The minimum atomic E-state index is 0.210. The van der Waals surface area contributed by atoms with Crippen LogP contribution in [-0.2, 0) is 4.74 Å². The summed E-state index contributed by atoms with van der Waals surface area (Å²) in [7, 11) is 0. The molecule has 0 aromatic heterocycles. The van der Waals surface area contributed by atoms with Crippen LogP contribution in [0.3, 0.4) is 0 Å². The van der Waals surface area contributed by atoms with Crippen molar-refractivity contribution in [1.29, 1.82) is 0 Å². The zero-order valence-electron chi connectivity index (χ0n) is 10.7. The van der Waals surface area contributed by atoms with Crippen molar-refractivity contribution in [3.63, 3.8) is 0 Å². The van der Waals surface area contributed by atoms with Gasteiger partial charge < -0.3 is 10.5 Å². The number of nitrogens with two attached hydrogens (primary N) is 1. The summed E-state index contributed by atoms with van der Waals surface area (Å²) < 4.78 is 6.06. The van der Waals surface area contributed by atoms with E-state index in [0.717, 1.165) is 17.8 Å². The highest BCUT2D eigenvalue weighted by Crippen LogP contribution is 2.35. The fourth-order valence-electron chi connectivity index (χ4n) is 2.63. The van der Waals surface area contributed by atoms with Gasteiger partial charge in [-0.05, 0) is 37.5 Å². The molecule has 1 saturated carbocycles. The first-order valence-electron chi connectivity index (χ1n) is 6.40. The molecule has 0 amide bonds. The third kappa shape index (κ3) is 3.76. The molecule has 0 heterocycles. The van der Waals surface area contributed by atoms with Gasteiger partial charge in [-0.25, -0.2) is 0 Å². The molecule has 4 unspecified atom stereocenters. The second-order valence-electron chi connectivity index (χ2n) is 5.55. The SMILES string of the molecule is CC1CCC(C(C)C)C(OC(C)CN)C1. The quantitative estimate of drug-likeness (QED) is 0.779. The Morgan fingerprint density at radius 1 is 1.27 bits per heavy atom. The van der Waals surface area contributed by atoms with Crippen LogP contribution in [-0.4, -0.2) is 18.8 Å². The molecule has 0 aromatic rings. The van der Waals surface area contributed by atoms with E-state index in [4.69, 9.17) is 10.5 Å². The summed E-state index contributed by atoms with van der Waals surface area (Å²) in [5, 5.41) is 0. The molecule has 1 fully saturated rings.